The highest BCUT2D eigenvalue weighted by Gasteiger charge is 2.32. The minimum Gasteiger partial charge on any atom is -0.395 e. The molecular formula is C41H63N3O8. The molecule has 3 rings (SSSR count). The van der Waals surface area contributed by atoms with Crippen LogP contribution in [0.3, 0.4) is 0 Å². The van der Waals surface area contributed by atoms with Crippen LogP contribution in [0.15, 0.2) is 36.4 Å². The number of carbonyl (C=O) groups excluding carboxylic acids is 3. The van der Waals surface area contributed by atoms with Crippen molar-refractivity contribution in [3.05, 3.63) is 53.1 Å². The lowest BCUT2D eigenvalue weighted by Crippen LogP contribution is -2.38. The molecule has 0 saturated carbocycles. The first-order chi connectivity index (χ1) is 24.3. The molecule has 1 unspecified atom stereocenters. The van der Waals surface area contributed by atoms with Crippen LogP contribution in [-0.2, 0) is 28.5 Å². The molecule has 0 radical (unpaired) electrons. The van der Waals surface area contributed by atoms with Crippen LogP contribution >= 0.6 is 0 Å². The second-order valence-electron chi connectivity index (χ2n) is 16.1. The minimum absolute atomic E-state index is 0.110. The van der Waals surface area contributed by atoms with Gasteiger partial charge in [-0.3, -0.25) is 14.4 Å². The van der Waals surface area contributed by atoms with Crippen molar-refractivity contribution in [1.29, 1.82) is 0 Å². The number of aliphatic hydroxyl groups is 1. The average molecular weight is 726 g/mol. The normalized spacial score (nSPS) is 14.5. The van der Waals surface area contributed by atoms with Crippen LogP contribution in [0.5, 0.6) is 0 Å². The topological polar surface area (TPSA) is 144 Å². The monoisotopic (exact) mass is 725 g/mol. The van der Waals surface area contributed by atoms with E-state index in [1.807, 2.05) is 85.7 Å². The van der Waals surface area contributed by atoms with E-state index in [0.29, 0.717) is 56.8 Å². The van der Waals surface area contributed by atoms with Crippen molar-refractivity contribution in [3.8, 4) is 11.1 Å². The smallest absolute Gasteiger partial charge is 0.251 e. The van der Waals surface area contributed by atoms with Gasteiger partial charge in [0.1, 0.15) is 0 Å². The number of methoxy groups -OCH3 is 2. The highest BCUT2D eigenvalue weighted by Crippen LogP contribution is 2.47. The maximum Gasteiger partial charge on any atom is 0.251 e. The Bertz CT molecular complexity index is 1520. The van der Waals surface area contributed by atoms with E-state index in [0.717, 1.165) is 28.7 Å². The Morgan fingerprint density at radius 3 is 2.02 bits per heavy atom. The Hall–Kier alpha value is -3.35. The molecular weight excluding hydrogens is 662 g/mol. The SMILES string of the molecule is COC(C)(C)CCOC(C)(C)CCNC(=O)c1cccc2c1-c1ccc(NC(=O)CCCC(=O)NCCC(C)(C)OCC(C)(C)OC)cc1C2CO. The summed E-state index contributed by atoms with van der Waals surface area (Å²) >= 11 is 0. The van der Waals surface area contributed by atoms with Crippen molar-refractivity contribution < 1.29 is 38.4 Å². The van der Waals surface area contributed by atoms with E-state index in [2.05, 4.69) is 16.0 Å². The highest BCUT2D eigenvalue weighted by atomic mass is 16.5. The van der Waals surface area contributed by atoms with Gasteiger partial charge in [0.2, 0.25) is 11.8 Å². The fourth-order valence-electron chi connectivity index (χ4n) is 5.92. The molecule has 11 heteroatoms. The van der Waals surface area contributed by atoms with E-state index in [1.54, 1.807) is 20.3 Å². The van der Waals surface area contributed by atoms with Crippen LogP contribution in [0.1, 0.15) is 121 Å². The molecule has 0 bridgehead atoms. The van der Waals surface area contributed by atoms with Gasteiger partial charge in [-0.05, 0) is 122 Å². The zero-order chi connectivity index (χ0) is 38.7. The molecule has 1 aliphatic rings. The average Bonchev–Trinajstić information content (AvgIpc) is 3.40. The number of carbonyl (C=O) groups is 3. The molecule has 2 aromatic carbocycles. The van der Waals surface area contributed by atoms with E-state index in [9.17, 15) is 19.5 Å². The van der Waals surface area contributed by atoms with Gasteiger partial charge in [-0.15, -0.1) is 0 Å². The Balaban J connectivity index is 1.52. The molecule has 0 aromatic heterocycles. The number of rotatable bonds is 22. The Morgan fingerprint density at radius 2 is 1.37 bits per heavy atom. The third-order valence-electron chi connectivity index (χ3n) is 9.86. The second-order valence-corrected chi connectivity index (χ2v) is 16.1. The first-order valence-electron chi connectivity index (χ1n) is 18.4. The summed E-state index contributed by atoms with van der Waals surface area (Å²) in [4.78, 5) is 38.7. The molecule has 1 aliphatic carbocycles. The van der Waals surface area contributed by atoms with Gasteiger partial charge in [0.15, 0.2) is 0 Å². The van der Waals surface area contributed by atoms with Crippen LogP contribution < -0.4 is 16.0 Å². The summed E-state index contributed by atoms with van der Waals surface area (Å²) < 4.78 is 23.0. The summed E-state index contributed by atoms with van der Waals surface area (Å²) in [7, 11) is 3.35. The lowest BCUT2D eigenvalue weighted by atomic mass is 9.96. The zero-order valence-corrected chi connectivity index (χ0v) is 33.1. The number of anilines is 1. The number of fused-ring (bicyclic) bond motifs is 3. The summed E-state index contributed by atoms with van der Waals surface area (Å²) in [5.41, 5.74) is 3.02. The molecule has 2 aromatic rings. The number of nitrogens with one attached hydrogen (secondary N) is 3. The quantitative estimate of drug-likeness (QED) is 0.110. The number of amides is 3. The maximum atomic E-state index is 13.5. The van der Waals surface area contributed by atoms with Crippen LogP contribution in [0.2, 0.25) is 0 Å². The predicted molar refractivity (Wildman–Crippen MR) is 205 cm³/mol. The first-order valence-corrected chi connectivity index (χ1v) is 18.4. The van der Waals surface area contributed by atoms with Crippen LogP contribution in [0, 0.1) is 0 Å². The Kier molecular flexibility index (Phi) is 15.4. The molecule has 3 amide bonds. The van der Waals surface area contributed by atoms with Crippen molar-refractivity contribution in [2.24, 2.45) is 0 Å². The number of hydrogen-bond donors (Lipinski definition) is 4. The van der Waals surface area contributed by atoms with Gasteiger partial charge in [0.25, 0.3) is 5.91 Å². The third kappa shape index (κ3) is 12.9. The number of hydrogen-bond acceptors (Lipinski definition) is 8. The van der Waals surface area contributed by atoms with Gasteiger partial charge in [-0.1, -0.05) is 18.2 Å². The standard InChI is InChI=1S/C41H63N3O8/c1-38(2,49-9)21-24-51-39(3,4)20-23-43-37(48)31-14-11-13-29-33(26-45)32-25-28(17-18-30(32)36(29)31)44-35(47)16-12-15-34(46)42-22-19-40(5,6)52-27-41(7,8)50-10/h11,13-14,17-18,25,33,45H,12,15-16,19-24,26-27H2,1-10H3,(H,42,46)(H,43,48)(H,44,47). The van der Waals surface area contributed by atoms with Gasteiger partial charge < -0.3 is 40.0 Å². The zero-order valence-electron chi connectivity index (χ0n) is 33.1. The summed E-state index contributed by atoms with van der Waals surface area (Å²) in [6.45, 7) is 17.7. The molecule has 0 fully saturated rings. The van der Waals surface area contributed by atoms with Crippen molar-refractivity contribution in [2.75, 3.05) is 52.4 Å². The number of ether oxygens (including phenoxy) is 4. The molecule has 290 valence electrons. The summed E-state index contributed by atoms with van der Waals surface area (Å²) in [5, 5.41) is 19.3. The van der Waals surface area contributed by atoms with Crippen molar-refractivity contribution in [3.63, 3.8) is 0 Å². The van der Waals surface area contributed by atoms with Gasteiger partial charge in [0, 0.05) is 57.3 Å². The lowest BCUT2D eigenvalue weighted by molar-refractivity contribution is -0.122. The third-order valence-corrected chi connectivity index (χ3v) is 9.86. The van der Waals surface area contributed by atoms with Gasteiger partial charge in [-0.25, -0.2) is 0 Å². The van der Waals surface area contributed by atoms with Crippen molar-refractivity contribution in [2.45, 2.75) is 122 Å². The van der Waals surface area contributed by atoms with Crippen LogP contribution in [-0.4, -0.2) is 92.4 Å². The van der Waals surface area contributed by atoms with E-state index in [1.165, 1.54) is 0 Å². The number of benzene rings is 2. The van der Waals surface area contributed by atoms with Gasteiger partial charge in [-0.2, -0.15) is 0 Å². The van der Waals surface area contributed by atoms with E-state index >= 15 is 0 Å². The Morgan fingerprint density at radius 1 is 0.731 bits per heavy atom. The highest BCUT2D eigenvalue weighted by molar-refractivity contribution is 6.04. The molecule has 52 heavy (non-hydrogen) atoms. The summed E-state index contributed by atoms with van der Waals surface area (Å²) in [6, 6.07) is 11.1. The lowest BCUT2D eigenvalue weighted by Gasteiger charge is -2.31. The van der Waals surface area contributed by atoms with Crippen LogP contribution in [0.25, 0.3) is 11.1 Å². The molecule has 0 saturated heterocycles. The molecule has 0 aliphatic heterocycles. The summed E-state index contributed by atoms with van der Waals surface area (Å²) in [6.07, 6.45) is 2.86. The van der Waals surface area contributed by atoms with Crippen molar-refractivity contribution in [1.82, 2.24) is 10.6 Å². The molecule has 4 N–H and O–H groups in total. The first kappa shape index (κ1) is 43.1. The fraction of sp³-hybridized carbons (Fsp3) is 0.634. The van der Waals surface area contributed by atoms with Crippen molar-refractivity contribution >= 4 is 23.4 Å². The summed E-state index contributed by atoms with van der Waals surface area (Å²) in [5.74, 6) is -0.833. The molecule has 0 heterocycles. The minimum atomic E-state index is -0.424. The van der Waals surface area contributed by atoms with Gasteiger partial charge >= 0.3 is 0 Å². The second kappa shape index (κ2) is 18.6. The van der Waals surface area contributed by atoms with E-state index < -0.39 is 11.2 Å². The largest absolute Gasteiger partial charge is 0.395 e. The van der Waals surface area contributed by atoms with Crippen LogP contribution in [0.4, 0.5) is 5.69 Å². The predicted octanol–water partition coefficient (Wildman–Crippen LogP) is 6.36. The molecule has 0 spiro atoms. The van der Waals surface area contributed by atoms with E-state index in [-0.39, 0.29) is 54.3 Å². The van der Waals surface area contributed by atoms with Gasteiger partial charge in [0.05, 0.1) is 42.2 Å². The van der Waals surface area contributed by atoms with E-state index in [4.69, 9.17) is 18.9 Å². The Labute approximate surface area is 310 Å². The number of aliphatic hydroxyl groups excluding tert-OH is 1. The molecule has 11 nitrogen and oxygen atoms in total. The maximum absolute atomic E-state index is 13.5. The fourth-order valence-corrected chi connectivity index (χ4v) is 5.92. The molecule has 1 atom stereocenters.